The van der Waals surface area contributed by atoms with Gasteiger partial charge < -0.3 is 16.0 Å². The highest BCUT2D eigenvalue weighted by atomic mass is 35.5. The molecule has 0 aromatic heterocycles. The van der Waals surface area contributed by atoms with Crippen LogP contribution in [-0.2, 0) is 16.1 Å². The number of halogens is 1. The number of rotatable bonds is 4. The first-order valence-electron chi connectivity index (χ1n) is 8.94. The first-order valence-corrected chi connectivity index (χ1v) is 8.94. The Morgan fingerprint density at radius 1 is 1.16 bits per heavy atom. The lowest BCUT2D eigenvalue weighted by Gasteiger charge is -2.30. The summed E-state index contributed by atoms with van der Waals surface area (Å²) in [7, 11) is 0. The smallest absolute Gasteiger partial charge is 0.243 e. The fraction of sp³-hybridized carbons (Fsp3) is 0.579. The van der Waals surface area contributed by atoms with Crippen LogP contribution >= 0.6 is 12.4 Å². The van der Waals surface area contributed by atoms with E-state index in [0.29, 0.717) is 19.4 Å². The van der Waals surface area contributed by atoms with E-state index in [2.05, 4.69) is 5.32 Å². The standard InChI is InChI=1S/C19H27N3O2.ClH/c1-13-2-4-14(5-3-13)12-22-17(10-11-18(22)23)19(24)21-16-8-6-15(20)7-9-16;/h2-5,15-17H,6-12,20H2,1H3,(H,21,24);1H. The Morgan fingerprint density at radius 2 is 1.80 bits per heavy atom. The summed E-state index contributed by atoms with van der Waals surface area (Å²) >= 11 is 0. The van der Waals surface area contributed by atoms with E-state index in [-0.39, 0.29) is 42.3 Å². The van der Waals surface area contributed by atoms with Crippen LogP contribution in [0, 0.1) is 6.92 Å². The molecule has 25 heavy (non-hydrogen) atoms. The minimum atomic E-state index is -0.339. The van der Waals surface area contributed by atoms with Crippen LogP contribution in [0.15, 0.2) is 24.3 Å². The lowest BCUT2D eigenvalue weighted by molar-refractivity contribution is -0.136. The van der Waals surface area contributed by atoms with E-state index in [9.17, 15) is 9.59 Å². The fourth-order valence-electron chi connectivity index (χ4n) is 3.66. The van der Waals surface area contributed by atoms with Crippen molar-refractivity contribution in [2.24, 2.45) is 5.73 Å². The van der Waals surface area contributed by atoms with Crippen LogP contribution in [0.3, 0.4) is 0 Å². The Balaban J connectivity index is 0.00000225. The first-order chi connectivity index (χ1) is 11.5. The third-order valence-corrected chi connectivity index (χ3v) is 5.22. The number of nitrogens with zero attached hydrogens (tertiary/aromatic N) is 1. The average molecular weight is 366 g/mol. The van der Waals surface area contributed by atoms with Crippen molar-refractivity contribution >= 4 is 24.2 Å². The molecule has 1 saturated heterocycles. The summed E-state index contributed by atoms with van der Waals surface area (Å²) in [6.45, 7) is 2.55. The number of nitrogens with two attached hydrogens (primary N) is 1. The topological polar surface area (TPSA) is 75.4 Å². The Morgan fingerprint density at radius 3 is 2.44 bits per heavy atom. The van der Waals surface area contributed by atoms with Crippen molar-refractivity contribution in [3.63, 3.8) is 0 Å². The zero-order chi connectivity index (χ0) is 17.1. The predicted octanol–water partition coefficient (Wildman–Crippen LogP) is 2.29. The van der Waals surface area contributed by atoms with Crippen LogP contribution in [0.2, 0.25) is 0 Å². The van der Waals surface area contributed by atoms with E-state index in [0.717, 1.165) is 31.2 Å². The molecular formula is C19H28ClN3O2. The van der Waals surface area contributed by atoms with Crippen molar-refractivity contribution in [1.29, 1.82) is 0 Å². The molecule has 0 radical (unpaired) electrons. The monoisotopic (exact) mass is 365 g/mol. The van der Waals surface area contributed by atoms with Crippen molar-refractivity contribution in [3.8, 4) is 0 Å². The number of carbonyl (C=O) groups excluding carboxylic acids is 2. The molecule has 0 spiro atoms. The molecule has 1 saturated carbocycles. The molecule has 3 rings (SSSR count). The molecular weight excluding hydrogens is 338 g/mol. The molecule has 1 atom stereocenters. The second kappa shape index (κ2) is 8.68. The minimum absolute atomic E-state index is 0. The number of carbonyl (C=O) groups is 2. The van der Waals surface area contributed by atoms with Gasteiger partial charge >= 0.3 is 0 Å². The van der Waals surface area contributed by atoms with Crippen molar-refractivity contribution in [2.45, 2.75) is 70.1 Å². The maximum Gasteiger partial charge on any atom is 0.243 e. The summed E-state index contributed by atoms with van der Waals surface area (Å²) < 4.78 is 0. The normalized spacial score (nSPS) is 26.2. The third kappa shape index (κ3) is 4.95. The third-order valence-electron chi connectivity index (χ3n) is 5.22. The van der Waals surface area contributed by atoms with Crippen molar-refractivity contribution in [1.82, 2.24) is 10.2 Å². The van der Waals surface area contributed by atoms with Crippen LogP contribution in [0.1, 0.15) is 49.7 Å². The van der Waals surface area contributed by atoms with Crippen molar-refractivity contribution in [2.75, 3.05) is 0 Å². The maximum absolute atomic E-state index is 12.7. The van der Waals surface area contributed by atoms with E-state index in [1.165, 1.54) is 5.56 Å². The van der Waals surface area contributed by atoms with Gasteiger partial charge in [0.2, 0.25) is 11.8 Å². The second-order valence-corrected chi connectivity index (χ2v) is 7.18. The molecule has 2 amide bonds. The molecule has 2 aliphatic rings. The Labute approximate surface area is 155 Å². The second-order valence-electron chi connectivity index (χ2n) is 7.18. The van der Waals surface area contributed by atoms with E-state index in [1.807, 2.05) is 31.2 Å². The van der Waals surface area contributed by atoms with Gasteiger partial charge in [-0.25, -0.2) is 0 Å². The molecule has 6 heteroatoms. The number of aryl methyl sites for hydroxylation is 1. The van der Waals surface area contributed by atoms with Crippen molar-refractivity contribution in [3.05, 3.63) is 35.4 Å². The van der Waals surface area contributed by atoms with Gasteiger partial charge in [-0.15, -0.1) is 12.4 Å². The molecule has 0 bridgehead atoms. The van der Waals surface area contributed by atoms with Gasteiger partial charge in [0.05, 0.1) is 0 Å². The molecule has 1 aromatic carbocycles. The Kier molecular flexibility index (Phi) is 6.85. The molecule has 1 heterocycles. The summed E-state index contributed by atoms with van der Waals surface area (Å²) in [6, 6.07) is 8.26. The van der Waals surface area contributed by atoms with Crippen LogP contribution in [0.25, 0.3) is 0 Å². The van der Waals surface area contributed by atoms with Crippen LogP contribution in [0.5, 0.6) is 0 Å². The zero-order valence-corrected chi connectivity index (χ0v) is 15.6. The van der Waals surface area contributed by atoms with Gasteiger partial charge in [-0.1, -0.05) is 29.8 Å². The SMILES string of the molecule is Cc1ccc(CN2C(=O)CCC2C(=O)NC2CCC(N)CC2)cc1.Cl. The Hall–Kier alpha value is -1.59. The molecule has 5 nitrogen and oxygen atoms in total. The maximum atomic E-state index is 12.7. The Bertz CT molecular complexity index is 597. The number of amides is 2. The lowest BCUT2D eigenvalue weighted by Crippen LogP contribution is -2.49. The predicted molar refractivity (Wildman–Crippen MR) is 100 cm³/mol. The summed E-state index contributed by atoms with van der Waals surface area (Å²) in [5.41, 5.74) is 8.18. The summed E-state index contributed by atoms with van der Waals surface area (Å²) in [5, 5.41) is 3.14. The van der Waals surface area contributed by atoms with Gasteiger partial charge in [0.15, 0.2) is 0 Å². The first kappa shape index (κ1) is 19.7. The van der Waals surface area contributed by atoms with E-state index in [4.69, 9.17) is 5.73 Å². The van der Waals surface area contributed by atoms with Crippen molar-refractivity contribution < 1.29 is 9.59 Å². The average Bonchev–Trinajstić information content (AvgIpc) is 2.93. The van der Waals surface area contributed by atoms with Crippen LogP contribution in [0.4, 0.5) is 0 Å². The molecule has 3 N–H and O–H groups in total. The van der Waals surface area contributed by atoms with Gasteiger partial charge in [-0.3, -0.25) is 9.59 Å². The molecule has 1 aromatic rings. The highest BCUT2D eigenvalue weighted by Gasteiger charge is 2.36. The van der Waals surface area contributed by atoms with Gasteiger partial charge in [0.25, 0.3) is 0 Å². The molecule has 1 unspecified atom stereocenters. The highest BCUT2D eigenvalue weighted by molar-refractivity contribution is 5.91. The molecule has 2 fully saturated rings. The minimum Gasteiger partial charge on any atom is -0.352 e. The molecule has 1 aliphatic heterocycles. The number of hydrogen-bond acceptors (Lipinski definition) is 3. The van der Waals surface area contributed by atoms with Gasteiger partial charge in [-0.05, 0) is 44.6 Å². The number of benzene rings is 1. The number of likely N-dealkylation sites (tertiary alicyclic amines) is 1. The van der Waals surface area contributed by atoms with E-state index >= 15 is 0 Å². The lowest BCUT2D eigenvalue weighted by atomic mass is 9.91. The van der Waals surface area contributed by atoms with E-state index in [1.54, 1.807) is 4.90 Å². The van der Waals surface area contributed by atoms with E-state index < -0.39 is 0 Å². The largest absolute Gasteiger partial charge is 0.352 e. The van der Waals surface area contributed by atoms with Crippen LogP contribution in [-0.4, -0.2) is 34.8 Å². The highest BCUT2D eigenvalue weighted by Crippen LogP contribution is 2.23. The van der Waals surface area contributed by atoms with Gasteiger partial charge in [-0.2, -0.15) is 0 Å². The summed E-state index contributed by atoms with van der Waals surface area (Å²) in [4.78, 5) is 26.6. The van der Waals surface area contributed by atoms with Crippen LogP contribution < -0.4 is 11.1 Å². The summed E-state index contributed by atoms with van der Waals surface area (Å²) in [6.07, 6.45) is 4.86. The van der Waals surface area contributed by atoms with Gasteiger partial charge in [0, 0.05) is 25.0 Å². The number of hydrogen-bond donors (Lipinski definition) is 2. The number of nitrogens with one attached hydrogen (secondary N) is 1. The quantitative estimate of drug-likeness (QED) is 0.859. The zero-order valence-electron chi connectivity index (χ0n) is 14.7. The molecule has 1 aliphatic carbocycles. The summed E-state index contributed by atoms with van der Waals surface area (Å²) in [5.74, 6) is 0.0647. The fourth-order valence-corrected chi connectivity index (χ4v) is 3.66. The van der Waals surface area contributed by atoms with Gasteiger partial charge in [0.1, 0.15) is 6.04 Å². The molecule has 138 valence electrons.